The maximum Gasteiger partial charge on any atom is 0.313 e. The molecule has 0 aromatic rings. The summed E-state index contributed by atoms with van der Waals surface area (Å²) in [5, 5.41) is 0. The highest BCUT2D eigenvalue weighted by Gasteiger charge is 2.10. The lowest BCUT2D eigenvalue weighted by atomic mass is 10.0. The molecule has 0 bridgehead atoms. The molecule has 0 spiro atoms. The molecular weight excluding hydrogens is 588 g/mol. The molecule has 0 aliphatic rings. The zero-order valence-corrected chi connectivity index (χ0v) is 33.2. The van der Waals surface area contributed by atoms with Crippen LogP contribution in [0.15, 0.2) is 0 Å². The highest BCUT2D eigenvalue weighted by atomic mass is 16.6. The molecule has 0 aliphatic heterocycles. The minimum Gasteiger partial charge on any atom is -0.393 e. The van der Waals surface area contributed by atoms with Crippen LogP contribution in [0.25, 0.3) is 0 Å². The average molecular weight is 677 g/mol. The molecule has 0 saturated heterocycles. The lowest BCUT2D eigenvalue weighted by Gasteiger charge is -2.05. The molecule has 0 saturated carbocycles. The Kier molecular flexibility index (Phi) is 41.5. The van der Waals surface area contributed by atoms with Gasteiger partial charge in [-0.15, -0.1) is 0 Å². The van der Waals surface area contributed by atoms with Crippen LogP contribution in [0.4, 0.5) is 0 Å². The van der Waals surface area contributed by atoms with E-state index in [4.69, 9.17) is 4.74 Å². The Balaban J connectivity index is 3.25. The van der Waals surface area contributed by atoms with Gasteiger partial charge in [-0.3, -0.25) is 9.59 Å². The van der Waals surface area contributed by atoms with Gasteiger partial charge in [-0.2, -0.15) is 0 Å². The van der Waals surface area contributed by atoms with Crippen LogP contribution >= 0.6 is 0 Å². The molecule has 0 aromatic heterocycles. The minimum atomic E-state index is -0.319. The van der Waals surface area contributed by atoms with E-state index < -0.39 is 0 Å². The van der Waals surface area contributed by atoms with E-state index in [0.29, 0.717) is 12.8 Å². The zero-order valence-electron chi connectivity index (χ0n) is 33.2. The summed E-state index contributed by atoms with van der Waals surface area (Å²) in [5.41, 5.74) is 0. The second kappa shape index (κ2) is 42.3. The lowest BCUT2D eigenvalue weighted by molar-refractivity contribution is -0.159. The first-order valence-corrected chi connectivity index (χ1v) is 22.4. The van der Waals surface area contributed by atoms with E-state index in [2.05, 4.69) is 13.8 Å². The van der Waals surface area contributed by atoms with Gasteiger partial charge in [0.1, 0.15) is 0 Å². The summed E-state index contributed by atoms with van der Waals surface area (Å²) >= 11 is 0. The molecule has 48 heavy (non-hydrogen) atoms. The summed E-state index contributed by atoms with van der Waals surface area (Å²) in [6.45, 7) is 4.58. The van der Waals surface area contributed by atoms with Crippen molar-refractivity contribution < 1.29 is 14.3 Å². The minimum absolute atomic E-state index is 0.319. The molecule has 0 N–H and O–H groups in total. The van der Waals surface area contributed by atoms with Crippen LogP contribution in [0.3, 0.4) is 0 Å². The first-order valence-electron chi connectivity index (χ1n) is 22.4. The average Bonchev–Trinajstić information content (AvgIpc) is 3.08. The normalized spacial score (nSPS) is 11.4. The quantitative estimate of drug-likeness (QED) is 0.0368. The standard InChI is InChI=1S/C45H88O3/c1-3-5-7-9-11-13-15-17-19-21-23-25-27-29-31-33-35-37-39-41-43-45(47)48-44(46)42-40-38-36-34-32-30-28-26-24-22-20-18-16-14-12-10-8-6-4-2/h3-43H2,1-2H3. The van der Waals surface area contributed by atoms with Crippen LogP contribution in [0.1, 0.15) is 277 Å². The van der Waals surface area contributed by atoms with Gasteiger partial charge in [0.15, 0.2) is 0 Å². The van der Waals surface area contributed by atoms with Crippen LogP contribution in [-0.2, 0) is 14.3 Å². The number of rotatable bonds is 41. The van der Waals surface area contributed by atoms with Gasteiger partial charge in [0.05, 0.1) is 0 Å². The summed E-state index contributed by atoms with van der Waals surface area (Å²) in [6.07, 6.45) is 53.3. The van der Waals surface area contributed by atoms with Crippen molar-refractivity contribution in [3.05, 3.63) is 0 Å². The second-order valence-electron chi connectivity index (χ2n) is 15.4. The van der Waals surface area contributed by atoms with Gasteiger partial charge in [-0.25, -0.2) is 0 Å². The predicted molar refractivity (Wildman–Crippen MR) is 212 cm³/mol. The van der Waals surface area contributed by atoms with Gasteiger partial charge in [-0.1, -0.05) is 251 Å². The van der Waals surface area contributed by atoms with Gasteiger partial charge in [0.25, 0.3) is 0 Å². The van der Waals surface area contributed by atoms with E-state index in [-0.39, 0.29) is 11.9 Å². The Morgan fingerprint density at radius 2 is 0.396 bits per heavy atom. The Labute approximate surface area is 302 Å². The Hall–Kier alpha value is -0.860. The maximum absolute atomic E-state index is 12.0. The number of hydrogen-bond donors (Lipinski definition) is 0. The van der Waals surface area contributed by atoms with E-state index in [9.17, 15) is 9.59 Å². The summed E-state index contributed by atoms with van der Waals surface area (Å²) in [6, 6.07) is 0. The predicted octanol–water partition coefficient (Wildman–Crippen LogP) is 16.1. The van der Waals surface area contributed by atoms with Crippen molar-refractivity contribution in [2.45, 2.75) is 277 Å². The summed E-state index contributed by atoms with van der Waals surface area (Å²) < 4.78 is 5.05. The van der Waals surface area contributed by atoms with Gasteiger partial charge in [-0.05, 0) is 12.8 Å². The van der Waals surface area contributed by atoms with Crippen LogP contribution in [-0.4, -0.2) is 11.9 Å². The molecule has 0 aromatic carbocycles. The fraction of sp³-hybridized carbons (Fsp3) is 0.956. The van der Waals surface area contributed by atoms with Gasteiger partial charge >= 0.3 is 11.9 Å². The van der Waals surface area contributed by atoms with Crippen molar-refractivity contribution in [2.24, 2.45) is 0 Å². The summed E-state index contributed by atoms with van der Waals surface area (Å²) in [4.78, 5) is 24.0. The van der Waals surface area contributed by atoms with Crippen LogP contribution in [0, 0.1) is 0 Å². The number of hydrogen-bond acceptors (Lipinski definition) is 3. The molecule has 0 unspecified atom stereocenters. The summed E-state index contributed by atoms with van der Waals surface area (Å²) in [7, 11) is 0. The van der Waals surface area contributed by atoms with Crippen molar-refractivity contribution in [1.82, 2.24) is 0 Å². The molecule has 0 amide bonds. The zero-order chi connectivity index (χ0) is 34.9. The van der Waals surface area contributed by atoms with Crippen molar-refractivity contribution in [3.8, 4) is 0 Å². The molecule has 286 valence electrons. The fourth-order valence-electron chi connectivity index (χ4n) is 7.10. The topological polar surface area (TPSA) is 43.4 Å². The van der Waals surface area contributed by atoms with Crippen molar-refractivity contribution >= 4 is 11.9 Å². The van der Waals surface area contributed by atoms with Crippen molar-refractivity contribution in [1.29, 1.82) is 0 Å². The molecule has 0 aliphatic carbocycles. The smallest absolute Gasteiger partial charge is 0.313 e. The van der Waals surface area contributed by atoms with E-state index in [1.807, 2.05) is 0 Å². The van der Waals surface area contributed by atoms with E-state index in [1.165, 1.54) is 225 Å². The first kappa shape index (κ1) is 47.1. The molecule has 0 fully saturated rings. The maximum atomic E-state index is 12.0. The Morgan fingerprint density at radius 1 is 0.250 bits per heavy atom. The number of unbranched alkanes of at least 4 members (excludes halogenated alkanes) is 37. The Morgan fingerprint density at radius 3 is 0.562 bits per heavy atom. The third kappa shape index (κ3) is 41.3. The largest absolute Gasteiger partial charge is 0.393 e. The van der Waals surface area contributed by atoms with Crippen LogP contribution in [0.2, 0.25) is 0 Å². The third-order valence-corrected chi connectivity index (χ3v) is 10.4. The molecule has 0 heterocycles. The van der Waals surface area contributed by atoms with Crippen molar-refractivity contribution in [3.63, 3.8) is 0 Å². The number of esters is 2. The molecule has 0 rings (SSSR count). The SMILES string of the molecule is CCCCCCCCCCCCCCCCCCCCCCC(=O)OC(=O)CCCCCCCCCCCCCCCCCCCCC. The molecule has 3 nitrogen and oxygen atoms in total. The van der Waals surface area contributed by atoms with E-state index in [0.717, 1.165) is 25.7 Å². The molecular formula is C45H88O3. The molecule has 0 radical (unpaired) electrons. The second-order valence-corrected chi connectivity index (χ2v) is 15.4. The fourth-order valence-corrected chi connectivity index (χ4v) is 7.10. The van der Waals surface area contributed by atoms with Crippen LogP contribution in [0.5, 0.6) is 0 Å². The first-order chi connectivity index (χ1) is 23.7. The highest BCUT2D eigenvalue weighted by molar-refractivity contribution is 5.85. The van der Waals surface area contributed by atoms with Crippen molar-refractivity contribution in [2.75, 3.05) is 0 Å². The van der Waals surface area contributed by atoms with Gasteiger partial charge < -0.3 is 4.74 Å². The molecule has 3 heteroatoms. The van der Waals surface area contributed by atoms with E-state index in [1.54, 1.807) is 0 Å². The number of carbonyl (C=O) groups is 2. The number of ether oxygens (including phenoxy) is 1. The Bertz CT molecular complexity index is 630. The monoisotopic (exact) mass is 677 g/mol. The van der Waals surface area contributed by atoms with Crippen LogP contribution < -0.4 is 0 Å². The third-order valence-electron chi connectivity index (χ3n) is 10.4. The number of carbonyl (C=O) groups excluding carboxylic acids is 2. The summed E-state index contributed by atoms with van der Waals surface area (Å²) in [5.74, 6) is -0.639. The van der Waals surface area contributed by atoms with E-state index >= 15 is 0 Å². The molecule has 0 atom stereocenters. The lowest BCUT2D eigenvalue weighted by Crippen LogP contribution is -2.11. The van der Waals surface area contributed by atoms with Gasteiger partial charge in [0.2, 0.25) is 0 Å². The highest BCUT2D eigenvalue weighted by Crippen LogP contribution is 2.17. The van der Waals surface area contributed by atoms with Gasteiger partial charge in [0, 0.05) is 12.8 Å².